The first-order valence-corrected chi connectivity index (χ1v) is 8.94. The van der Waals surface area contributed by atoms with Crippen LogP contribution in [0.15, 0.2) is 47.1 Å². The van der Waals surface area contributed by atoms with E-state index in [0.29, 0.717) is 17.1 Å². The third-order valence-corrected chi connectivity index (χ3v) is 4.67. The number of amides is 2. The van der Waals surface area contributed by atoms with Crippen LogP contribution in [-0.2, 0) is 22.4 Å². The average molecular weight is 364 g/mol. The van der Waals surface area contributed by atoms with Gasteiger partial charge >= 0.3 is 0 Å². The molecule has 0 aliphatic carbocycles. The number of benzene rings is 2. The first kappa shape index (κ1) is 17.1. The largest absolute Gasteiger partial charge is 0.479 e. The lowest BCUT2D eigenvalue weighted by molar-refractivity contribution is -0.122. The summed E-state index contributed by atoms with van der Waals surface area (Å²) in [6, 6.07) is 11.2. The zero-order valence-electron chi connectivity index (χ0n) is 15.2. The van der Waals surface area contributed by atoms with Crippen LogP contribution in [0.5, 0.6) is 5.75 Å². The molecule has 0 saturated heterocycles. The van der Waals surface area contributed by atoms with Crippen molar-refractivity contribution in [1.29, 1.82) is 0 Å². The average Bonchev–Trinajstić information content (AvgIpc) is 3.04. The topological polar surface area (TPSA) is 80.6 Å². The van der Waals surface area contributed by atoms with Crippen molar-refractivity contribution in [1.82, 2.24) is 0 Å². The number of carbonyl (C=O) groups is 2. The highest BCUT2D eigenvalue weighted by Crippen LogP contribution is 2.32. The van der Waals surface area contributed by atoms with Crippen molar-refractivity contribution in [2.75, 3.05) is 10.6 Å². The fourth-order valence-electron chi connectivity index (χ4n) is 3.15. The second kappa shape index (κ2) is 6.79. The number of aryl methyl sites for hydroxylation is 1. The Kier molecular flexibility index (Phi) is 4.32. The highest BCUT2D eigenvalue weighted by molar-refractivity contribution is 6.00. The monoisotopic (exact) mass is 364 g/mol. The molecule has 2 amide bonds. The molecule has 0 unspecified atom stereocenters. The number of anilines is 2. The molecule has 1 atom stereocenters. The Labute approximate surface area is 156 Å². The molecule has 138 valence electrons. The van der Waals surface area contributed by atoms with Crippen LogP contribution in [0.4, 0.5) is 11.4 Å². The Morgan fingerprint density at radius 1 is 1.22 bits per heavy atom. The number of hydrogen-bond donors (Lipinski definition) is 2. The summed E-state index contributed by atoms with van der Waals surface area (Å²) in [4.78, 5) is 24.2. The summed E-state index contributed by atoms with van der Waals surface area (Å²) in [5, 5.41) is 6.58. The van der Waals surface area contributed by atoms with Crippen LogP contribution < -0.4 is 15.4 Å². The van der Waals surface area contributed by atoms with Crippen molar-refractivity contribution in [2.45, 2.75) is 32.8 Å². The summed E-state index contributed by atoms with van der Waals surface area (Å²) in [5.41, 5.74) is 3.98. The lowest BCUT2D eigenvalue weighted by Gasteiger charge is -2.23. The molecule has 1 aromatic heterocycles. The van der Waals surface area contributed by atoms with Gasteiger partial charge in [0.1, 0.15) is 11.3 Å². The SMILES string of the molecule is CCc1ccc2c(CC(=O)Nc3ccc4c(c3)NC(=O)[C@@H](C)O4)coc2c1. The van der Waals surface area contributed by atoms with E-state index < -0.39 is 6.10 Å². The highest BCUT2D eigenvalue weighted by Gasteiger charge is 2.23. The van der Waals surface area contributed by atoms with Crippen LogP contribution in [0.3, 0.4) is 0 Å². The molecule has 0 radical (unpaired) electrons. The minimum atomic E-state index is -0.527. The predicted octanol–water partition coefficient (Wildman–Crippen LogP) is 3.90. The van der Waals surface area contributed by atoms with E-state index in [2.05, 4.69) is 17.6 Å². The molecule has 1 aliphatic rings. The molecule has 2 aromatic carbocycles. The van der Waals surface area contributed by atoms with E-state index in [1.54, 1.807) is 31.4 Å². The van der Waals surface area contributed by atoms with Crippen LogP contribution >= 0.6 is 0 Å². The lowest BCUT2D eigenvalue weighted by Crippen LogP contribution is -2.34. The van der Waals surface area contributed by atoms with Crippen LogP contribution in [0.25, 0.3) is 11.0 Å². The first-order chi connectivity index (χ1) is 13.0. The zero-order chi connectivity index (χ0) is 19.0. The number of rotatable bonds is 4. The van der Waals surface area contributed by atoms with Crippen LogP contribution in [0.2, 0.25) is 0 Å². The van der Waals surface area contributed by atoms with Crippen molar-refractivity contribution in [3.05, 3.63) is 53.8 Å². The summed E-state index contributed by atoms with van der Waals surface area (Å²) in [7, 11) is 0. The summed E-state index contributed by atoms with van der Waals surface area (Å²) in [6.45, 7) is 3.78. The maximum absolute atomic E-state index is 12.5. The quantitative estimate of drug-likeness (QED) is 0.736. The van der Waals surface area contributed by atoms with Gasteiger partial charge in [-0.2, -0.15) is 0 Å². The molecular formula is C21H20N2O4. The van der Waals surface area contributed by atoms with Crippen molar-refractivity contribution in [3.8, 4) is 5.75 Å². The number of furan rings is 1. The van der Waals surface area contributed by atoms with Gasteiger partial charge in [0.25, 0.3) is 5.91 Å². The van der Waals surface area contributed by atoms with E-state index in [1.807, 2.05) is 18.2 Å². The number of ether oxygens (including phenoxy) is 1. The molecule has 27 heavy (non-hydrogen) atoms. The summed E-state index contributed by atoms with van der Waals surface area (Å²) >= 11 is 0. The Morgan fingerprint density at radius 2 is 2.07 bits per heavy atom. The molecule has 3 aromatic rings. The number of hydrogen-bond acceptors (Lipinski definition) is 4. The first-order valence-electron chi connectivity index (χ1n) is 8.94. The van der Waals surface area contributed by atoms with Crippen LogP contribution in [-0.4, -0.2) is 17.9 Å². The molecule has 6 heteroatoms. The molecule has 0 bridgehead atoms. The minimum absolute atomic E-state index is 0.159. The Bertz CT molecular complexity index is 1040. The van der Waals surface area contributed by atoms with Gasteiger partial charge in [0.15, 0.2) is 6.10 Å². The van der Waals surface area contributed by atoms with Gasteiger partial charge in [-0.15, -0.1) is 0 Å². The molecule has 0 saturated carbocycles. The van der Waals surface area contributed by atoms with Gasteiger partial charge in [-0.3, -0.25) is 9.59 Å². The van der Waals surface area contributed by atoms with Gasteiger partial charge in [0.05, 0.1) is 18.4 Å². The summed E-state index contributed by atoms with van der Waals surface area (Å²) in [5.74, 6) is 0.226. The lowest BCUT2D eigenvalue weighted by atomic mass is 10.1. The van der Waals surface area contributed by atoms with Crippen LogP contribution in [0, 0.1) is 0 Å². The van der Waals surface area contributed by atoms with Crippen molar-refractivity contribution >= 4 is 34.2 Å². The van der Waals surface area contributed by atoms with Gasteiger partial charge in [0.2, 0.25) is 5.91 Å². The third kappa shape index (κ3) is 3.38. The van der Waals surface area contributed by atoms with E-state index in [0.717, 1.165) is 23.0 Å². The Hall–Kier alpha value is -3.28. The standard InChI is InChI=1S/C21H20N2O4/c1-3-13-4-6-16-14(11-26-19(16)8-13)9-20(24)22-15-5-7-18-17(10-15)23-21(25)12(2)27-18/h4-8,10-12H,3,9H2,1-2H3,(H,22,24)(H,23,25)/t12-/m1/s1. The Morgan fingerprint density at radius 3 is 2.89 bits per heavy atom. The molecule has 2 heterocycles. The fourth-order valence-corrected chi connectivity index (χ4v) is 3.15. The highest BCUT2D eigenvalue weighted by atomic mass is 16.5. The second-order valence-electron chi connectivity index (χ2n) is 6.63. The van der Waals surface area contributed by atoms with E-state index in [1.165, 1.54) is 5.56 Å². The van der Waals surface area contributed by atoms with E-state index in [-0.39, 0.29) is 18.2 Å². The van der Waals surface area contributed by atoms with Gasteiger partial charge in [0, 0.05) is 16.6 Å². The van der Waals surface area contributed by atoms with Crippen molar-refractivity contribution in [2.24, 2.45) is 0 Å². The van der Waals surface area contributed by atoms with Crippen molar-refractivity contribution < 1.29 is 18.7 Å². The predicted molar refractivity (Wildman–Crippen MR) is 103 cm³/mol. The normalized spacial score (nSPS) is 15.8. The zero-order valence-corrected chi connectivity index (χ0v) is 15.2. The number of carbonyl (C=O) groups excluding carboxylic acids is 2. The van der Waals surface area contributed by atoms with Crippen LogP contribution in [0.1, 0.15) is 25.0 Å². The van der Waals surface area contributed by atoms with Gasteiger partial charge in [-0.25, -0.2) is 0 Å². The Balaban J connectivity index is 1.49. The van der Waals surface area contributed by atoms with E-state index >= 15 is 0 Å². The third-order valence-electron chi connectivity index (χ3n) is 4.67. The summed E-state index contributed by atoms with van der Waals surface area (Å²) in [6.07, 6.45) is 2.24. The molecule has 0 spiro atoms. The maximum Gasteiger partial charge on any atom is 0.265 e. The van der Waals surface area contributed by atoms with Crippen molar-refractivity contribution in [3.63, 3.8) is 0 Å². The van der Waals surface area contributed by atoms with Gasteiger partial charge < -0.3 is 19.8 Å². The minimum Gasteiger partial charge on any atom is -0.479 e. The summed E-state index contributed by atoms with van der Waals surface area (Å²) < 4.78 is 11.1. The second-order valence-corrected chi connectivity index (χ2v) is 6.63. The maximum atomic E-state index is 12.5. The van der Waals surface area contributed by atoms with E-state index in [9.17, 15) is 9.59 Å². The molecule has 6 nitrogen and oxygen atoms in total. The molecule has 4 rings (SSSR count). The fraction of sp³-hybridized carbons (Fsp3) is 0.238. The van der Waals surface area contributed by atoms with Gasteiger partial charge in [-0.05, 0) is 43.2 Å². The number of fused-ring (bicyclic) bond motifs is 2. The number of nitrogens with one attached hydrogen (secondary N) is 2. The molecule has 1 aliphatic heterocycles. The molecular weight excluding hydrogens is 344 g/mol. The molecule has 0 fully saturated rings. The van der Waals surface area contributed by atoms with Gasteiger partial charge in [-0.1, -0.05) is 19.1 Å². The van der Waals surface area contributed by atoms with E-state index in [4.69, 9.17) is 9.15 Å². The smallest absolute Gasteiger partial charge is 0.265 e. The molecule has 2 N–H and O–H groups in total.